The molecule has 3 heteroatoms. The maximum atomic E-state index is 5.85. The molecule has 3 unspecified atom stereocenters. The van der Waals surface area contributed by atoms with E-state index in [2.05, 4.69) is 48.3 Å². The third-order valence-electron chi connectivity index (χ3n) is 4.98. The molecule has 3 atom stereocenters. The molecule has 1 saturated heterocycles. The van der Waals surface area contributed by atoms with Gasteiger partial charge in [-0.1, -0.05) is 38.5 Å². The summed E-state index contributed by atoms with van der Waals surface area (Å²) in [7, 11) is 0. The summed E-state index contributed by atoms with van der Waals surface area (Å²) in [6.07, 6.45) is 4.86. The summed E-state index contributed by atoms with van der Waals surface area (Å²) in [5, 5.41) is 3.74. The van der Waals surface area contributed by atoms with Crippen LogP contribution in [-0.4, -0.2) is 36.7 Å². The van der Waals surface area contributed by atoms with Crippen molar-refractivity contribution in [3.8, 4) is 5.75 Å². The van der Waals surface area contributed by atoms with E-state index < -0.39 is 0 Å². The number of hydrogen-bond donors (Lipinski definition) is 1. The van der Waals surface area contributed by atoms with Crippen LogP contribution in [0.2, 0.25) is 0 Å². The van der Waals surface area contributed by atoms with Crippen molar-refractivity contribution in [1.29, 1.82) is 0 Å². The van der Waals surface area contributed by atoms with Gasteiger partial charge >= 0.3 is 0 Å². The number of fused-ring (bicyclic) bond motifs is 1. The molecule has 0 spiro atoms. The van der Waals surface area contributed by atoms with E-state index >= 15 is 0 Å². The van der Waals surface area contributed by atoms with Crippen molar-refractivity contribution in [3.05, 3.63) is 29.8 Å². The lowest BCUT2D eigenvalue weighted by molar-refractivity contribution is 0.0535. The Morgan fingerprint density at radius 3 is 2.95 bits per heavy atom. The molecule has 0 aliphatic carbocycles. The van der Waals surface area contributed by atoms with E-state index in [1.807, 2.05) is 0 Å². The molecule has 1 aromatic carbocycles. The van der Waals surface area contributed by atoms with Gasteiger partial charge in [-0.25, -0.2) is 0 Å². The molecular weight excluding hydrogens is 260 g/mol. The van der Waals surface area contributed by atoms with E-state index in [0.717, 1.165) is 25.3 Å². The molecule has 2 aliphatic rings. The molecule has 1 N–H and O–H groups in total. The fourth-order valence-corrected chi connectivity index (χ4v) is 3.86. The summed E-state index contributed by atoms with van der Waals surface area (Å²) in [6.45, 7) is 7.74. The fraction of sp³-hybridized carbons (Fsp3) is 0.667. The number of nitrogens with one attached hydrogen (secondary N) is 1. The van der Waals surface area contributed by atoms with Gasteiger partial charge in [0.15, 0.2) is 0 Å². The average Bonchev–Trinajstić information content (AvgIpc) is 2.54. The summed E-state index contributed by atoms with van der Waals surface area (Å²) in [6, 6.07) is 10.4. The number of rotatable bonds is 4. The lowest BCUT2D eigenvalue weighted by Gasteiger charge is -2.46. The number of ether oxygens (including phenoxy) is 1. The second kappa shape index (κ2) is 6.80. The second-order valence-electron chi connectivity index (χ2n) is 6.34. The first-order valence-electron chi connectivity index (χ1n) is 8.54. The number of para-hydroxylation sites is 1. The monoisotopic (exact) mass is 288 g/mol. The van der Waals surface area contributed by atoms with Gasteiger partial charge in [0.1, 0.15) is 5.75 Å². The minimum atomic E-state index is 0.529. The van der Waals surface area contributed by atoms with Gasteiger partial charge in [-0.15, -0.1) is 0 Å². The Labute approximate surface area is 128 Å². The first-order valence-corrected chi connectivity index (χ1v) is 8.54. The van der Waals surface area contributed by atoms with Crippen molar-refractivity contribution in [1.82, 2.24) is 10.2 Å². The maximum absolute atomic E-state index is 5.85. The second-order valence-corrected chi connectivity index (χ2v) is 6.34. The molecule has 116 valence electrons. The summed E-state index contributed by atoms with van der Waals surface area (Å²) in [4.78, 5) is 2.75. The highest BCUT2D eigenvalue weighted by molar-refractivity contribution is 5.37. The van der Waals surface area contributed by atoms with E-state index in [1.165, 1.54) is 31.4 Å². The molecule has 0 amide bonds. The molecule has 0 saturated carbocycles. The number of benzene rings is 1. The van der Waals surface area contributed by atoms with Gasteiger partial charge in [-0.2, -0.15) is 0 Å². The van der Waals surface area contributed by atoms with Crippen LogP contribution < -0.4 is 10.1 Å². The third-order valence-corrected chi connectivity index (χ3v) is 4.98. The highest BCUT2D eigenvalue weighted by Gasteiger charge is 2.34. The molecule has 3 nitrogen and oxygen atoms in total. The Morgan fingerprint density at radius 1 is 1.29 bits per heavy atom. The Kier molecular flexibility index (Phi) is 4.81. The summed E-state index contributed by atoms with van der Waals surface area (Å²) < 4.78 is 5.85. The standard InChI is InChI=1S/C18H28N2O/c1-3-7-14-13-20(15(4-2)12-19-14)17-10-11-21-18-9-6-5-8-16(17)18/h5-6,8-9,14-15,17,19H,3-4,7,10-13H2,1-2H3. The summed E-state index contributed by atoms with van der Waals surface area (Å²) in [5.74, 6) is 1.09. The average molecular weight is 288 g/mol. The van der Waals surface area contributed by atoms with Crippen LogP contribution in [-0.2, 0) is 0 Å². The molecule has 0 radical (unpaired) electrons. The lowest BCUT2D eigenvalue weighted by Crippen LogP contribution is -2.57. The molecule has 1 aromatic rings. The van der Waals surface area contributed by atoms with Crippen LogP contribution >= 0.6 is 0 Å². The number of piperazine rings is 1. The van der Waals surface area contributed by atoms with Crippen molar-refractivity contribution >= 4 is 0 Å². The van der Waals surface area contributed by atoms with Gasteiger partial charge in [-0.05, 0) is 18.9 Å². The van der Waals surface area contributed by atoms with E-state index in [9.17, 15) is 0 Å². The normalized spacial score (nSPS) is 29.7. The molecule has 1 fully saturated rings. The van der Waals surface area contributed by atoms with Crippen LogP contribution in [0.5, 0.6) is 5.75 Å². The van der Waals surface area contributed by atoms with Crippen LogP contribution in [0, 0.1) is 0 Å². The Bertz CT molecular complexity index is 462. The highest BCUT2D eigenvalue weighted by Crippen LogP contribution is 2.38. The molecule has 0 bridgehead atoms. The zero-order chi connectivity index (χ0) is 14.7. The Hall–Kier alpha value is -1.06. The van der Waals surface area contributed by atoms with Crippen LogP contribution in [0.1, 0.15) is 51.1 Å². The Morgan fingerprint density at radius 2 is 2.14 bits per heavy atom. The zero-order valence-corrected chi connectivity index (χ0v) is 13.3. The Balaban J connectivity index is 1.83. The summed E-state index contributed by atoms with van der Waals surface area (Å²) >= 11 is 0. The van der Waals surface area contributed by atoms with Gasteiger partial charge in [0.2, 0.25) is 0 Å². The SMILES string of the molecule is CCCC1CN(C2CCOc3ccccc32)C(CC)CN1. The van der Waals surface area contributed by atoms with Gasteiger partial charge in [0.05, 0.1) is 6.61 Å². The predicted molar refractivity (Wildman–Crippen MR) is 86.8 cm³/mol. The smallest absolute Gasteiger partial charge is 0.124 e. The number of nitrogens with zero attached hydrogens (tertiary/aromatic N) is 1. The van der Waals surface area contributed by atoms with Crippen LogP contribution in [0.4, 0.5) is 0 Å². The molecule has 21 heavy (non-hydrogen) atoms. The minimum Gasteiger partial charge on any atom is -0.493 e. The largest absolute Gasteiger partial charge is 0.493 e. The van der Waals surface area contributed by atoms with Crippen LogP contribution in [0.3, 0.4) is 0 Å². The van der Waals surface area contributed by atoms with Gasteiger partial charge in [0, 0.05) is 43.2 Å². The molecule has 2 heterocycles. The van der Waals surface area contributed by atoms with Gasteiger partial charge in [-0.3, -0.25) is 4.90 Å². The molecule has 3 rings (SSSR count). The van der Waals surface area contributed by atoms with Crippen LogP contribution in [0.25, 0.3) is 0 Å². The van der Waals surface area contributed by atoms with Crippen molar-refractivity contribution in [2.75, 3.05) is 19.7 Å². The lowest BCUT2D eigenvalue weighted by atomic mass is 9.93. The first-order chi connectivity index (χ1) is 10.3. The molecule has 2 aliphatic heterocycles. The van der Waals surface area contributed by atoms with Crippen molar-refractivity contribution in [3.63, 3.8) is 0 Å². The van der Waals surface area contributed by atoms with Crippen molar-refractivity contribution in [2.45, 2.75) is 57.7 Å². The number of hydrogen-bond acceptors (Lipinski definition) is 3. The summed E-state index contributed by atoms with van der Waals surface area (Å²) in [5.41, 5.74) is 1.39. The third kappa shape index (κ3) is 3.09. The quantitative estimate of drug-likeness (QED) is 0.919. The minimum absolute atomic E-state index is 0.529. The maximum Gasteiger partial charge on any atom is 0.124 e. The van der Waals surface area contributed by atoms with Gasteiger partial charge in [0.25, 0.3) is 0 Å². The predicted octanol–water partition coefficient (Wildman–Crippen LogP) is 3.36. The van der Waals surface area contributed by atoms with E-state index in [-0.39, 0.29) is 0 Å². The highest BCUT2D eigenvalue weighted by atomic mass is 16.5. The fourth-order valence-electron chi connectivity index (χ4n) is 3.86. The van der Waals surface area contributed by atoms with E-state index in [1.54, 1.807) is 0 Å². The zero-order valence-electron chi connectivity index (χ0n) is 13.3. The van der Waals surface area contributed by atoms with Crippen LogP contribution in [0.15, 0.2) is 24.3 Å². The van der Waals surface area contributed by atoms with Gasteiger partial charge < -0.3 is 10.1 Å². The first kappa shape index (κ1) is 14.9. The molecule has 0 aromatic heterocycles. The topological polar surface area (TPSA) is 24.5 Å². The van der Waals surface area contributed by atoms with E-state index in [4.69, 9.17) is 4.74 Å². The molecular formula is C18H28N2O. The van der Waals surface area contributed by atoms with Crippen molar-refractivity contribution < 1.29 is 4.74 Å². The van der Waals surface area contributed by atoms with Crippen molar-refractivity contribution in [2.24, 2.45) is 0 Å². The van der Waals surface area contributed by atoms with E-state index in [0.29, 0.717) is 18.1 Å².